The second kappa shape index (κ2) is 7.45. The van der Waals surface area contributed by atoms with Crippen LogP contribution in [-0.2, 0) is 11.3 Å². The topological polar surface area (TPSA) is 29.5 Å². The molecule has 0 amide bonds. The Morgan fingerprint density at radius 1 is 1.30 bits per heavy atom. The van der Waals surface area contributed by atoms with Gasteiger partial charge in [0.2, 0.25) is 0 Å². The third-order valence-corrected chi connectivity index (χ3v) is 2.73. The molecule has 0 aliphatic carbocycles. The van der Waals surface area contributed by atoms with Crippen LogP contribution >= 0.6 is 0 Å². The molecule has 1 N–H and O–H groups in total. The zero-order valence-electron chi connectivity index (χ0n) is 11.4. The maximum absolute atomic E-state index is 12.9. The number of rotatable bonds is 7. The summed E-state index contributed by atoms with van der Waals surface area (Å²) in [5.41, 5.74) is 1.30. The van der Waals surface area contributed by atoms with E-state index in [1.165, 1.54) is 0 Å². The van der Waals surface area contributed by atoms with Gasteiger partial charge in [-0.2, -0.15) is 13.2 Å². The van der Waals surface area contributed by atoms with Crippen molar-refractivity contribution in [3.63, 3.8) is 0 Å². The average Bonchev–Trinajstić information content (AvgIpc) is 2.33. The number of hydrogen-bond acceptors (Lipinski definition) is 2. The first-order chi connectivity index (χ1) is 9.29. The van der Waals surface area contributed by atoms with E-state index >= 15 is 0 Å². The van der Waals surface area contributed by atoms with Crippen molar-refractivity contribution in [2.45, 2.75) is 44.8 Å². The maximum atomic E-state index is 12.9. The number of ether oxygens (including phenoxy) is 1. The van der Waals surface area contributed by atoms with Crippen molar-refractivity contribution in [3.05, 3.63) is 48.0 Å². The molecule has 2 atom stereocenters. The Hall–Kier alpha value is -1.33. The van der Waals surface area contributed by atoms with Gasteiger partial charge in [0, 0.05) is 6.42 Å². The van der Waals surface area contributed by atoms with Crippen molar-refractivity contribution in [2.75, 3.05) is 0 Å². The van der Waals surface area contributed by atoms with Gasteiger partial charge in [-0.1, -0.05) is 35.9 Å². The largest absolute Gasteiger partial charge is 0.414 e. The minimum Gasteiger partial charge on any atom is -0.393 e. The summed E-state index contributed by atoms with van der Waals surface area (Å²) < 4.78 is 43.5. The molecule has 5 heteroatoms. The molecular weight excluding hydrogens is 269 g/mol. The van der Waals surface area contributed by atoms with Gasteiger partial charge in [0.1, 0.15) is 0 Å². The number of aliphatic hydroxyl groups is 1. The van der Waals surface area contributed by atoms with Gasteiger partial charge in [-0.05, 0) is 18.9 Å². The van der Waals surface area contributed by atoms with Gasteiger partial charge in [0.05, 0.1) is 12.7 Å². The molecule has 0 saturated heterocycles. The van der Waals surface area contributed by atoms with Crippen molar-refractivity contribution >= 4 is 0 Å². The van der Waals surface area contributed by atoms with Gasteiger partial charge >= 0.3 is 6.18 Å². The predicted octanol–water partition coefficient (Wildman–Crippen LogP) is 3.85. The van der Waals surface area contributed by atoms with Crippen LogP contribution in [0.1, 0.15) is 25.3 Å². The molecule has 2 nitrogen and oxygen atoms in total. The van der Waals surface area contributed by atoms with Crippen molar-refractivity contribution in [1.82, 2.24) is 0 Å². The fourth-order valence-corrected chi connectivity index (χ4v) is 1.80. The van der Waals surface area contributed by atoms with Crippen LogP contribution in [0.5, 0.6) is 0 Å². The van der Waals surface area contributed by atoms with Gasteiger partial charge in [-0.25, -0.2) is 0 Å². The molecule has 0 saturated carbocycles. The Balaban J connectivity index is 2.59. The minimum absolute atomic E-state index is 0.134. The Kier molecular flexibility index (Phi) is 6.23. The van der Waals surface area contributed by atoms with Gasteiger partial charge in [-0.15, -0.1) is 6.58 Å². The first-order valence-electron chi connectivity index (χ1n) is 6.33. The van der Waals surface area contributed by atoms with Crippen molar-refractivity contribution in [3.8, 4) is 0 Å². The Bertz CT molecular complexity index is 415. The third kappa shape index (κ3) is 6.21. The van der Waals surface area contributed by atoms with Gasteiger partial charge < -0.3 is 9.84 Å². The lowest BCUT2D eigenvalue weighted by Gasteiger charge is -2.23. The Labute approximate surface area is 116 Å². The van der Waals surface area contributed by atoms with Crippen LogP contribution in [-0.4, -0.2) is 23.5 Å². The number of alkyl halides is 3. The second-order valence-corrected chi connectivity index (χ2v) is 4.88. The predicted molar refractivity (Wildman–Crippen MR) is 71.1 cm³/mol. The Morgan fingerprint density at radius 2 is 1.90 bits per heavy atom. The van der Waals surface area contributed by atoms with Crippen LogP contribution in [0.25, 0.3) is 0 Å². The Morgan fingerprint density at radius 3 is 2.40 bits per heavy atom. The van der Waals surface area contributed by atoms with Crippen LogP contribution < -0.4 is 0 Å². The van der Waals surface area contributed by atoms with E-state index in [-0.39, 0.29) is 13.0 Å². The summed E-state index contributed by atoms with van der Waals surface area (Å²) in [4.78, 5) is 0. The van der Waals surface area contributed by atoms with Gasteiger partial charge in [-0.3, -0.25) is 0 Å². The molecule has 0 bridgehead atoms. The zero-order valence-corrected chi connectivity index (χ0v) is 11.4. The number of aliphatic hydroxyl groups excluding tert-OH is 1. The summed E-state index contributed by atoms with van der Waals surface area (Å²) in [6.07, 6.45) is -7.91. The molecule has 0 aliphatic heterocycles. The van der Waals surface area contributed by atoms with E-state index in [9.17, 15) is 18.3 Å². The van der Waals surface area contributed by atoms with E-state index in [0.29, 0.717) is 11.1 Å². The average molecular weight is 288 g/mol. The van der Waals surface area contributed by atoms with E-state index in [1.54, 1.807) is 37.3 Å². The normalized spacial score (nSPS) is 14.8. The summed E-state index contributed by atoms with van der Waals surface area (Å²) in [6.45, 7) is 5.11. The van der Waals surface area contributed by atoms with E-state index < -0.39 is 24.8 Å². The monoisotopic (exact) mass is 288 g/mol. The summed E-state index contributed by atoms with van der Waals surface area (Å²) >= 11 is 0. The summed E-state index contributed by atoms with van der Waals surface area (Å²) in [7, 11) is 0. The van der Waals surface area contributed by atoms with Crippen LogP contribution in [0.2, 0.25) is 0 Å². The highest BCUT2D eigenvalue weighted by molar-refractivity contribution is 5.13. The van der Waals surface area contributed by atoms with Crippen molar-refractivity contribution < 1.29 is 23.0 Å². The lowest BCUT2D eigenvalue weighted by molar-refractivity contribution is -0.230. The number of halogens is 3. The molecule has 0 fully saturated rings. The van der Waals surface area contributed by atoms with Gasteiger partial charge in [0.15, 0.2) is 6.10 Å². The SMILES string of the molecule is C=C(C)C[C@H](O)C[C@@H](OCc1ccccc1)C(F)(F)F. The lowest BCUT2D eigenvalue weighted by atomic mass is 10.0. The highest BCUT2D eigenvalue weighted by Gasteiger charge is 2.41. The highest BCUT2D eigenvalue weighted by Crippen LogP contribution is 2.28. The maximum Gasteiger partial charge on any atom is 0.414 e. The van der Waals surface area contributed by atoms with Crippen LogP contribution in [0.15, 0.2) is 42.5 Å². The first kappa shape index (κ1) is 16.7. The zero-order chi connectivity index (χ0) is 15.2. The molecule has 1 aromatic rings. The summed E-state index contributed by atoms with van der Waals surface area (Å²) in [5, 5.41) is 9.61. The molecule has 20 heavy (non-hydrogen) atoms. The fourth-order valence-electron chi connectivity index (χ4n) is 1.80. The molecule has 112 valence electrons. The molecule has 0 heterocycles. The molecule has 0 radical (unpaired) electrons. The van der Waals surface area contributed by atoms with Crippen molar-refractivity contribution in [2.24, 2.45) is 0 Å². The highest BCUT2D eigenvalue weighted by atomic mass is 19.4. The smallest absolute Gasteiger partial charge is 0.393 e. The molecule has 0 unspecified atom stereocenters. The summed E-state index contributed by atoms with van der Waals surface area (Å²) in [5.74, 6) is 0. The molecule has 0 spiro atoms. The molecule has 0 aliphatic rings. The number of benzene rings is 1. The van der Waals surface area contributed by atoms with E-state index in [1.807, 2.05) is 0 Å². The minimum atomic E-state index is -4.50. The molecule has 0 aromatic heterocycles. The molecule has 1 rings (SSSR count). The van der Waals surface area contributed by atoms with Gasteiger partial charge in [0.25, 0.3) is 0 Å². The lowest BCUT2D eigenvalue weighted by Crippen LogP contribution is -2.35. The molecular formula is C15H19F3O2. The quantitative estimate of drug-likeness (QED) is 0.772. The van der Waals surface area contributed by atoms with E-state index in [4.69, 9.17) is 4.74 Å². The van der Waals surface area contributed by atoms with E-state index in [2.05, 4.69) is 6.58 Å². The fraction of sp³-hybridized carbons (Fsp3) is 0.467. The number of hydrogen-bond donors (Lipinski definition) is 1. The van der Waals surface area contributed by atoms with Crippen LogP contribution in [0.4, 0.5) is 13.2 Å². The van der Waals surface area contributed by atoms with Crippen LogP contribution in [0, 0.1) is 0 Å². The summed E-state index contributed by atoms with van der Waals surface area (Å²) in [6, 6.07) is 8.63. The first-order valence-corrected chi connectivity index (χ1v) is 6.33. The molecule has 1 aromatic carbocycles. The third-order valence-electron chi connectivity index (χ3n) is 2.73. The standard InChI is InChI=1S/C15H19F3O2/c1-11(2)8-13(19)9-14(15(16,17)18)20-10-12-6-4-3-5-7-12/h3-7,13-14,19H,1,8-10H2,2H3/t13-,14+/m0/s1. The van der Waals surface area contributed by atoms with E-state index in [0.717, 1.165) is 0 Å². The van der Waals surface area contributed by atoms with Crippen LogP contribution in [0.3, 0.4) is 0 Å². The van der Waals surface area contributed by atoms with Crippen molar-refractivity contribution in [1.29, 1.82) is 0 Å². The second-order valence-electron chi connectivity index (χ2n) is 4.88.